The Balaban J connectivity index is 1.81. The number of halogens is 2. The van der Waals surface area contributed by atoms with Gasteiger partial charge in [-0.1, -0.05) is 11.6 Å². The molecule has 2 heterocycles. The Morgan fingerprint density at radius 3 is 3.00 bits per heavy atom. The fraction of sp³-hybridized carbons (Fsp3) is 0.364. The van der Waals surface area contributed by atoms with Crippen LogP contribution < -0.4 is 10.1 Å². The van der Waals surface area contributed by atoms with Crippen molar-refractivity contribution in [2.45, 2.75) is 13.3 Å². The maximum atomic E-state index is 10.9. The smallest absolute Gasteiger partial charge is 0.352 e. The summed E-state index contributed by atoms with van der Waals surface area (Å²) in [5.41, 5.74) is 0.194. The number of aryl methyl sites for hydroxylation is 1. The number of nitro groups is 1. The molecule has 2 N–H and O–H groups in total. The maximum Gasteiger partial charge on any atom is 0.352 e. The van der Waals surface area contributed by atoms with Crippen LogP contribution in [0, 0.1) is 17.0 Å². The molecule has 0 saturated heterocycles. The van der Waals surface area contributed by atoms with Crippen LogP contribution in [0.4, 0.5) is 11.5 Å². The molecular weight excluding hydrogens is 335 g/mol. The molecule has 22 heavy (non-hydrogen) atoms. The molecule has 0 saturated carbocycles. The van der Waals surface area contributed by atoms with Crippen LogP contribution in [0.5, 0.6) is 5.88 Å². The second-order valence-electron chi connectivity index (χ2n) is 4.22. The predicted octanol–water partition coefficient (Wildman–Crippen LogP) is 2.60. The Kier molecular flexibility index (Phi) is 5.34. The third kappa shape index (κ3) is 3.95. The largest absolute Gasteiger partial charge is 0.472 e. The summed E-state index contributed by atoms with van der Waals surface area (Å²) in [6.45, 7) is 2.29. The number of aromatic nitrogens is 4. The molecule has 0 atom stereocenters. The van der Waals surface area contributed by atoms with Gasteiger partial charge < -0.3 is 10.1 Å². The molecule has 0 unspecified atom stereocenters. The molecule has 9 nitrogen and oxygen atoms in total. The lowest BCUT2D eigenvalue weighted by atomic mass is 10.4. The minimum absolute atomic E-state index is 0.0226. The van der Waals surface area contributed by atoms with E-state index in [-0.39, 0.29) is 23.5 Å². The lowest BCUT2D eigenvalue weighted by molar-refractivity contribution is -0.386. The van der Waals surface area contributed by atoms with E-state index >= 15 is 0 Å². The molecule has 0 fully saturated rings. The fourth-order valence-corrected chi connectivity index (χ4v) is 1.93. The summed E-state index contributed by atoms with van der Waals surface area (Å²) in [7, 11) is 0. The molecule has 2 rings (SSSR count). The average Bonchev–Trinajstić information content (AvgIpc) is 2.83. The highest BCUT2D eigenvalue weighted by atomic mass is 35.5. The SMILES string of the molecule is Cc1[nH]nc(OCCCNc2nc(Cl)ncc2Cl)c1[N+](=O)[O-]. The lowest BCUT2D eigenvalue weighted by Crippen LogP contribution is -2.09. The summed E-state index contributed by atoms with van der Waals surface area (Å²) < 4.78 is 5.30. The zero-order valence-corrected chi connectivity index (χ0v) is 13.0. The van der Waals surface area contributed by atoms with Crippen LogP contribution in [0.3, 0.4) is 0 Å². The number of H-pyrrole nitrogens is 1. The van der Waals surface area contributed by atoms with Gasteiger partial charge in [-0.3, -0.25) is 15.2 Å². The van der Waals surface area contributed by atoms with E-state index < -0.39 is 4.92 Å². The van der Waals surface area contributed by atoms with Crippen molar-refractivity contribution in [2.75, 3.05) is 18.5 Å². The number of nitrogens with one attached hydrogen (secondary N) is 2. The van der Waals surface area contributed by atoms with E-state index in [2.05, 4.69) is 25.5 Å². The van der Waals surface area contributed by atoms with E-state index in [1.54, 1.807) is 6.92 Å². The van der Waals surface area contributed by atoms with Crippen LogP contribution in [0.1, 0.15) is 12.1 Å². The van der Waals surface area contributed by atoms with Crippen LogP contribution >= 0.6 is 23.2 Å². The molecule has 0 radical (unpaired) electrons. The predicted molar refractivity (Wildman–Crippen MR) is 80.6 cm³/mol. The number of rotatable bonds is 7. The first-order valence-corrected chi connectivity index (χ1v) is 6.98. The Labute approximate surface area is 135 Å². The molecule has 0 aliphatic heterocycles. The second-order valence-corrected chi connectivity index (χ2v) is 4.97. The third-order valence-electron chi connectivity index (χ3n) is 2.63. The molecule has 2 aromatic rings. The first-order valence-electron chi connectivity index (χ1n) is 6.23. The summed E-state index contributed by atoms with van der Waals surface area (Å²) in [6, 6.07) is 0. The van der Waals surface area contributed by atoms with Gasteiger partial charge in [0.1, 0.15) is 16.5 Å². The Bertz CT molecular complexity index is 678. The number of anilines is 1. The highest BCUT2D eigenvalue weighted by Crippen LogP contribution is 2.27. The summed E-state index contributed by atoms with van der Waals surface area (Å²) >= 11 is 11.6. The van der Waals surface area contributed by atoms with Crippen molar-refractivity contribution in [1.82, 2.24) is 20.2 Å². The first-order chi connectivity index (χ1) is 10.5. The van der Waals surface area contributed by atoms with Crippen LogP contribution in [-0.4, -0.2) is 38.2 Å². The van der Waals surface area contributed by atoms with Crippen LogP contribution in [-0.2, 0) is 0 Å². The monoisotopic (exact) mass is 346 g/mol. The third-order valence-corrected chi connectivity index (χ3v) is 3.09. The maximum absolute atomic E-state index is 10.9. The van der Waals surface area contributed by atoms with Gasteiger partial charge in [0.15, 0.2) is 0 Å². The zero-order valence-electron chi connectivity index (χ0n) is 11.5. The molecule has 0 aliphatic carbocycles. The van der Waals surface area contributed by atoms with Crippen molar-refractivity contribution in [3.05, 3.63) is 32.3 Å². The van der Waals surface area contributed by atoms with Gasteiger partial charge in [0.2, 0.25) is 5.28 Å². The van der Waals surface area contributed by atoms with Crippen molar-refractivity contribution in [3.8, 4) is 5.88 Å². The van der Waals surface area contributed by atoms with E-state index in [4.69, 9.17) is 27.9 Å². The molecule has 0 aromatic carbocycles. The number of nitrogens with zero attached hydrogens (tertiary/aromatic N) is 4. The van der Waals surface area contributed by atoms with Crippen molar-refractivity contribution < 1.29 is 9.66 Å². The Morgan fingerprint density at radius 2 is 2.27 bits per heavy atom. The average molecular weight is 347 g/mol. The van der Waals surface area contributed by atoms with Crippen LogP contribution in [0.25, 0.3) is 0 Å². The lowest BCUT2D eigenvalue weighted by Gasteiger charge is -2.07. The van der Waals surface area contributed by atoms with Gasteiger partial charge in [0.25, 0.3) is 0 Å². The van der Waals surface area contributed by atoms with Gasteiger partial charge in [0.05, 0.1) is 17.7 Å². The Morgan fingerprint density at radius 1 is 1.50 bits per heavy atom. The van der Waals surface area contributed by atoms with Gasteiger partial charge >= 0.3 is 11.6 Å². The highest BCUT2D eigenvalue weighted by Gasteiger charge is 2.22. The molecule has 118 valence electrons. The van der Waals surface area contributed by atoms with Gasteiger partial charge in [-0.2, -0.15) is 4.98 Å². The summed E-state index contributed by atoms with van der Waals surface area (Å²) in [6.07, 6.45) is 1.95. The van der Waals surface area contributed by atoms with Crippen molar-refractivity contribution in [2.24, 2.45) is 0 Å². The summed E-state index contributed by atoms with van der Waals surface area (Å²) in [4.78, 5) is 18.0. The highest BCUT2D eigenvalue weighted by molar-refractivity contribution is 6.33. The van der Waals surface area contributed by atoms with Crippen molar-refractivity contribution >= 4 is 34.7 Å². The molecule has 0 spiro atoms. The van der Waals surface area contributed by atoms with Gasteiger partial charge in [-0.15, -0.1) is 5.10 Å². The minimum Gasteiger partial charge on any atom is -0.472 e. The van der Waals surface area contributed by atoms with E-state index in [0.29, 0.717) is 29.5 Å². The number of aromatic amines is 1. The van der Waals surface area contributed by atoms with Gasteiger partial charge in [-0.05, 0) is 24.9 Å². The van der Waals surface area contributed by atoms with Crippen molar-refractivity contribution in [3.63, 3.8) is 0 Å². The van der Waals surface area contributed by atoms with E-state index in [1.807, 2.05) is 0 Å². The number of hydrogen-bond donors (Lipinski definition) is 2. The number of hydrogen-bond acceptors (Lipinski definition) is 7. The molecule has 0 amide bonds. The van der Waals surface area contributed by atoms with E-state index in [0.717, 1.165) is 0 Å². The summed E-state index contributed by atoms with van der Waals surface area (Å²) in [5.74, 6) is 0.397. The minimum atomic E-state index is -0.533. The van der Waals surface area contributed by atoms with Crippen molar-refractivity contribution in [1.29, 1.82) is 0 Å². The second kappa shape index (κ2) is 7.23. The number of ether oxygens (including phenoxy) is 1. The van der Waals surface area contributed by atoms with Gasteiger partial charge in [0, 0.05) is 6.54 Å². The molecule has 11 heteroatoms. The molecule has 0 bridgehead atoms. The van der Waals surface area contributed by atoms with Gasteiger partial charge in [-0.25, -0.2) is 4.98 Å². The quantitative estimate of drug-likeness (QED) is 0.342. The molecule has 0 aliphatic rings. The van der Waals surface area contributed by atoms with Crippen LogP contribution in [0.2, 0.25) is 10.3 Å². The fourth-order valence-electron chi connectivity index (χ4n) is 1.63. The van der Waals surface area contributed by atoms with Crippen LogP contribution in [0.15, 0.2) is 6.20 Å². The first kappa shape index (κ1) is 16.2. The standard InChI is InChI=1S/C11H12Cl2N6O3/c1-6-8(19(20)21)10(18-17-6)22-4-2-3-14-9-7(12)5-15-11(13)16-9/h5H,2-4H2,1H3,(H,17,18)(H,14,15,16). The molecule has 2 aromatic heterocycles. The van der Waals surface area contributed by atoms with E-state index in [9.17, 15) is 10.1 Å². The topological polar surface area (TPSA) is 119 Å². The summed E-state index contributed by atoms with van der Waals surface area (Å²) in [5, 5.41) is 20.5. The normalized spacial score (nSPS) is 10.5. The Hall–Kier alpha value is -2.13. The van der Waals surface area contributed by atoms with E-state index in [1.165, 1.54) is 6.20 Å². The zero-order chi connectivity index (χ0) is 16.1. The molecular formula is C11H12Cl2N6O3.